The quantitative estimate of drug-likeness (QED) is 0.433. The van der Waals surface area contributed by atoms with Crippen molar-refractivity contribution < 1.29 is 19.1 Å². The van der Waals surface area contributed by atoms with Gasteiger partial charge in [0.05, 0.1) is 13.0 Å². The molecule has 0 bridgehead atoms. The van der Waals surface area contributed by atoms with Crippen LogP contribution in [0.5, 0.6) is 0 Å². The third kappa shape index (κ3) is 7.20. The van der Waals surface area contributed by atoms with Crippen LogP contribution >= 0.6 is 0 Å². The second-order valence-corrected chi connectivity index (χ2v) is 5.73. The zero-order chi connectivity index (χ0) is 18.7. The van der Waals surface area contributed by atoms with Gasteiger partial charge in [0.15, 0.2) is 0 Å². The molecular weight excluding hydrogens is 320 g/mol. The number of nitrogens with one attached hydrogen (secondary N) is 1. The fourth-order valence-corrected chi connectivity index (χ4v) is 2.50. The van der Waals surface area contributed by atoms with E-state index in [1.54, 1.807) is 36.1 Å². The fraction of sp³-hybridized carbons (Fsp3) is 0.421. The van der Waals surface area contributed by atoms with E-state index >= 15 is 0 Å². The Labute approximate surface area is 148 Å². The Bertz CT molecular complexity index is 590. The molecule has 1 N–H and O–H groups in total. The molecule has 1 fully saturated rings. The maximum absolute atomic E-state index is 12.4. The third-order valence-electron chi connectivity index (χ3n) is 3.86. The lowest BCUT2D eigenvalue weighted by molar-refractivity contribution is -0.135. The van der Waals surface area contributed by atoms with Crippen molar-refractivity contribution in [3.8, 4) is 0 Å². The molecule has 0 aliphatic carbocycles. The van der Waals surface area contributed by atoms with E-state index in [1.807, 2.05) is 0 Å². The highest BCUT2D eigenvalue weighted by Gasteiger charge is 2.28. The van der Waals surface area contributed by atoms with Crippen molar-refractivity contribution in [2.75, 3.05) is 26.7 Å². The predicted octanol–water partition coefficient (Wildman–Crippen LogP) is 1.76. The molecule has 6 heteroatoms. The van der Waals surface area contributed by atoms with Gasteiger partial charge in [-0.25, -0.2) is 4.79 Å². The Morgan fingerprint density at radius 3 is 2.76 bits per heavy atom. The second-order valence-electron chi connectivity index (χ2n) is 5.73. The lowest BCUT2D eigenvalue weighted by atomic mass is 9.96. The standard InChI is InChI=1S/C19H26N2O4/c1-4-5-6-9-15(2)19(24)21-13-8-10-16(14-21)18(23)20-12-7-11-17(22)25-3/h4-7,9,11,16H,1,8,10,12-14H2,2-3H3,(H,20,23)/b6-5-,11-7+,15-9+/t16-/m0/s1. The molecule has 1 atom stereocenters. The number of amides is 2. The van der Waals surface area contributed by atoms with E-state index in [4.69, 9.17) is 0 Å². The SMILES string of the molecule is C=C/C=C\C=C(/C)C(=O)N1CCC[C@H](C(=O)NC/C=C/C(=O)OC)C1. The van der Waals surface area contributed by atoms with Crippen LogP contribution in [0.1, 0.15) is 19.8 Å². The molecule has 0 aromatic carbocycles. The Hall–Kier alpha value is -2.63. The Kier molecular flexibility index (Phi) is 9.00. The number of methoxy groups -OCH3 is 1. The van der Waals surface area contributed by atoms with Crippen molar-refractivity contribution in [3.63, 3.8) is 0 Å². The van der Waals surface area contributed by atoms with Crippen LogP contribution in [-0.4, -0.2) is 49.4 Å². The first-order chi connectivity index (χ1) is 12.0. The lowest BCUT2D eigenvalue weighted by Crippen LogP contribution is -2.45. The van der Waals surface area contributed by atoms with E-state index in [9.17, 15) is 14.4 Å². The molecule has 0 saturated carbocycles. The molecule has 136 valence electrons. The highest BCUT2D eigenvalue weighted by atomic mass is 16.5. The first kappa shape index (κ1) is 20.4. The number of ether oxygens (including phenoxy) is 1. The molecule has 6 nitrogen and oxygen atoms in total. The number of piperidine rings is 1. The minimum absolute atomic E-state index is 0.0585. The van der Waals surface area contributed by atoms with E-state index in [2.05, 4.69) is 16.6 Å². The van der Waals surface area contributed by atoms with E-state index in [1.165, 1.54) is 19.3 Å². The average Bonchev–Trinajstić information content (AvgIpc) is 2.64. The molecule has 0 spiro atoms. The molecular formula is C19H26N2O4. The van der Waals surface area contributed by atoms with Gasteiger partial charge in [0, 0.05) is 31.3 Å². The largest absolute Gasteiger partial charge is 0.466 e. The Morgan fingerprint density at radius 1 is 1.32 bits per heavy atom. The highest BCUT2D eigenvalue weighted by molar-refractivity contribution is 5.93. The smallest absolute Gasteiger partial charge is 0.330 e. The van der Waals surface area contributed by atoms with Crippen LogP contribution in [0.4, 0.5) is 0 Å². The van der Waals surface area contributed by atoms with Crippen LogP contribution in [0.15, 0.2) is 48.6 Å². The molecule has 1 heterocycles. The van der Waals surface area contributed by atoms with Crippen LogP contribution in [0.2, 0.25) is 0 Å². The topological polar surface area (TPSA) is 75.7 Å². The van der Waals surface area contributed by atoms with Crippen molar-refractivity contribution in [2.24, 2.45) is 5.92 Å². The van der Waals surface area contributed by atoms with Crippen LogP contribution in [-0.2, 0) is 19.1 Å². The summed E-state index contributed by atoms with van der Waals surface area (Å²) in [6.45, 7) is 6.65. The van der Waals surface area contributed by atoms with Gasteiger partial charge in [0.2, 0.25) is 11.8 Å². The van der Waals surface area contributed by atoms with Gasteiger partial charge in [-0.15, -0.1) is 0 Å². The summed E-state index contributed by atoms with van der Waals surface area (Å²) in [4.78, 5) is 37.3. The van der Waals surface area contributed by atoms with Crippen LogP contribution in [0, 0.1) is 5.92 Å². The van der Waals surface area contributed by atoms with Crippen molar-refractivity contribution in [3.05, 3.63) is 48.6 Å². The number of carbonyl (C=O) groups excluding carboxylic acids is 3. The minimum atomic E-state index is -0.462. The monoisotopic (exact) mass is 346 g/mol. The number of allylic oxidation sites excluding steroid dienone is 4. The number of carbonyl (C=O) groups is 3. The molecule has 1 aliphatic rings. The first-order valence-electron chi connectivity index (χ1n) is 8.27. The number of rotatable bonds is 7. The average molecular weight is 346 g/mol. The lowest BCUT2D eigenvalue weighted by Gasteiger charge is -2.32. The molecule has 1 rings (SSSR count). The maximum atomic E-state index is 12.4. The molecule has 0 radical (unpaired) electrons. The van der Waals surface area contributed by atoms with Gasteiger partial charge in [-0.1, -0.05) is 37.0 Å². The van der Waals surface area contributed by atoms with E-state index in [0.29, 0.717) is 18.7 Å². The van der Waals surface area contributed by atoms with Gasteiger partial charge in [0.25, 0.3) is 0 Å². The summed E-state index contributed by atoms with van der Waals surface area (Å²) in [6, 6.07) is 0. The summed E-state index contributed by atoms with van der Waals surface area (Å²) in [6.07, 6.45) is 11.2. The van der Waals surface area contributed by atoms with Gasteiger partial charge in [-0.05, 0) is 19.8 Å². The third-order valence-corrected chi connectivity index (χ3v) is 3.86. The zero-order valence-corrected chi connectivity index (χ0v) is 14.9. The van der Waals surface area contributed by atoms with Gasteiger partial charge < -0.3 is 15.0 Å². The Morgan fingerprint density at radius 2 is 2.08 bits per heavy atom. The fourth-order valence-electron chi connectivity index (χ4n) is 2.50. The summed E-state index contributed by atoms with van der Waals surface area (Å²) in [7, 11) is 1.29. The number of esters is 1. The molecule has 2 amide bonds. The van der Waals surface area contributed by atoms with Gasteiger partial charge >= 0.3 is 5.97 Å². The number of nitrogens with zero attached hydrogens (tertiary/aromatic N) is 1. The number of hydrogen-bond acceptors (Lipinski definition) is 4. The summed E-state index contributed by atoms with van der Waals surface area (Å²) in [5.74, 6) is -0.866. The summed E-state index contributed by atoms with van der Waals surface area (Å²) in [5, 5.41) is 2.75. The molecule has 25 heavy (non-hydrogen) atoms. The summed E-state index contributed by atoms with van der Waals surface area (Å²) in [5.41, 5.74) is 0.625. The number of hydrogen-bond donors (Lipinski definition) is 1. The second kappa shape index (κ2) is 11.0. The van der Waals surface area contributed by atoms with E-state index in [-0.39, 0.29) is 24.3 Å². The van der Waals surface area contributed by atoms with Crippen molar-refractivity contribution in [1.29, 1.82) is 0 Å². The maximum Gasteiger partial charge on any atom is 0.330 e. The van der Waals surface area contributed by atoms with E-state index < -0.39 is 5.97 Å². The summed E-state index contributed by atoms with van der Waals surface area (Å²) < 4.78 is 4.47. The molecule has 0 unspecified atom stereocenters. The molecule has 0 aromatic heterocycles. The molecule has 0 aromatic rings. The number of likely N-dealkylation sites (tertiary alicyclic amines) is 1. The molecule has 1 saturated heterocycles. The highest BCUT2D eigenvalue weighted by Crippen LogP contribution is 2.18. The van der Waals surface area contributed by atoms with Crippen molar-refractivity contribution in [1.82, 2.24) is 10.2 Å². The zero-order valence-electron chi connectivity index (χ0n) is 14.9. The first-order valence-corrected chi connectivity index (χ1v) is 8.27. The molecule has 1 aliphatic heterocycles. The van der Waals surface area contributed by atoms with Gasteiger partial charge in [0.1, 0.15) is 0 Å². The van der Waals surface area contributed by atoms with Crippen LogP contribution in [0.25, 0.3) is 0 Å². The van der Waals surface area contributed by atoms with Crippen molar-refractivity contribution in [2.45, 2.75) is 19.8 Å². The van der Waals surface area contributed by atoms with Crippen molar-refractivity contribution >= 4 is 17.8 Å². The van der Waals surface area contributed by atoms with E-state index in [0.717, 1.165) is 12.8 Å². The predicted molar refractivity (Wildman–Crippen MR) is 96.6 cm³/mol. The van der Waals surface area contributed by atoms with Gasteiger partial charge in [-0.2, -0.15) is 0 Å². The van der Waals surface area contributed by atoms with Crippen LogP contribution in [0.3, 0.4) is 0 Å². The Balaban J connectivity index is 2.54. The minimum Gasteiger partial charge on any atom is -0.466 e. The van der Waals surface area contributed by atoms with Gasteiger partial charge in [-0.3, -0.25) is 9.59 Å². The van der Waals surface area contributed by atoms with Crippen LogP contribution < -0.4 is 5.32 Å². The normalized spacial score (nSPS) is 18.4. The summed E-state index contributed by atoms with van der Waals surface area (Å²) >= 11 is 0.